The Bertz CT molecular complexity index is 190. The summed E-state index contributed by atoms with van der Waals surface area (Å²) in [5.41, 5.74) is 0. The van der Waals surface area contributed by atoms with Gasteiger partial charge in [0.1, 0.15) is 6.29 Å². The number of hydrogen-bond acceptors (Lipinski definition) is 3. The van der Waals surface area contributed by atoms with E-state index in [4.69, 9.17) is 0 Å². The van der Waals surface area contributed by atoms with E-state index >= 15 is 0 Å². The van der Waals surface area contributed by atoms with E-state index in [1.54, 1.807) is 0 Å². The molecule has 0 aromatic rings. The zero-order chi connectivity index (χ0) is 13.4. The molecule has 0 aliphatic rings. The van der Waals surface area contributed by atoms with Crippen LogP contribution in [0.1, 0.15) is 71.6 Å². The lowest BCUT2D eigenvalue weighted by molar-refractivity contribution is -0.129. The van der Waals surface area contributed by atoms with Crippen molar-refractivity contribution in [2.45, 2.75) is 71.6 Å². The Morgan fingerprint density at radius 3 is 1.89 bits per heavy atom. The van der Waals surface area contributed by atoms with Gasteiger partial charge in [0.15, 0.2) is 12.1 Å². The average Bonchev–Trinajstić information content (AvgIpc) is 2.35. The van der Waals surface area contributed by atoms with Gasteiger partial charge in [-0.05, 0) is 12.8 Å². The van der Waals surface area contributed by atoms with Crippen LogP contribution in [0.2, 0.25) is 0 Å². The smallest absolute Gasteiger partial charge is 0.195 e. The first-order valence-corrected chi connectivity index (χ1v) is 6.64. The molecule has 0 rings (SSSR count). The highest BCUT2D eigenvalue weighted by Crippen LogP contribution is 1.99. The van der Waals surface area contributed by atoms with Crippen LogP contribution in [-0.2, 0) is 14.4 Å². The van der Waals surface area contributed by atoms with Gasteiger partial charge in [-0.25, -0.2) is 0 Å². The second kappa shape index (κ2) is 21.3. The van der Waals surface area contributed by atoms with Gasteiger partial charge in [0.05, 0.1) is 0 Å². The monoisotopic (exact) mass is 260 g/mol. The van der Waals surface area contributed by atoms with Crippen molar-refractivity contribution >= 4 is 18.4 Å². The lowest BCUT2D eigenvalue weighted by atomic mass is 10.1. The first-order chi connectivity index (χ1) is 8.22. The van der Waals surface area contributed by atoms with E-state index in [1.807, 2.05) is 0 Å². The minimum Gasteiger partial charge on any atom is -0.412 e. The lowest BCUT2D eigenvalue weighted by Gasteiger charge is -1.90. The molecule has 0 amide bonds. The Labute approximate surface area is 110 Å². The summed E-state index contributed by atoms with van der Waals surface area (Å²) in [5, 5.41) is 0. The number of carbonyl (C=O) groups excluding carboxylic acids is 3. The van der Waals surface area contributed by atoms with Gasteiger partial charge in [0.2, 0.25) is 0 Å². The number of aldehydes is 2. The molecular weight excluding hydrogens is 232 g/mol. The molecule has 4 heteroatoms. The Morgan fingerprint density at radius 1 is 0.889 bits per heavy atom. The van der Waals surface area contributed by atoms with Crippen LogP contribution in [0.4, 0.5) is 0 Å². The molecule has 4 nitrogen and oxygen atoms in total. The number of hydrogen-bond donors (Lipinski definition) is 0. The highest BCUT2D eigenvalue weighted by molar-refractivity contribution is 6.24. The molecule has 0 bridgehead atoms. The fraction of sp³-hybridized carbons (Fsp3) is 0.786. The summed E-state index contributed by atoms with van der Waals surface area (Å²) in [6.45, 7) is 4.23. The maximum absolute atomic E-state index is 10.3. The highest BCUT2D eigenvalue weighted by Gasteiger charge is 1.95. The van der Waals surface area contributed by atoms with Crippen molar-refractivity contribution in [1.82, 2.24) is 0 Å². The zero-order valence-corrected chi connectivity index (χ0v) is 11.7. The number of carbonyl (C=O) groups is 3. The molecular formula is C14H28O4. The maximum atomic E-state index is 10.3. The Morgan fingerprint density at radius 2 is 1.44 bits per heavy atom. The van der Waals surface area contributed by atoms with Crippen molar-refractivity contribution in [3.05, 3.63) is 0 Å². The summed E-state index contributed by atoms with van der Waals surface area (Å²) < 4.78 is 0. The molecule has 0 radical (unpaired) electrons. The molecule has 2 N–H and O–H groups in total. The minimum atomic E-state index is -0.275. The first kappa shape index (κ1) is 22.2. The maximum Gasteiger partial charge on any atom is 0.195 e. The van der Waals surface area contributed by atoms with Crippen LogP contribution in [0, 0.1) is 0 Å². The minimum absolute atomic E-state index is 0. The number of rotatable bonds is 10. The van der Waals surface area contributed by atoms with Crippen LogP contribution >= 0.6 is 0 Å². The van der Waals surface area contributed by atoms with E-state index in [-0.39, 0.29) is 11.3 Å². The zero-order valence-electron chi connectivity index (χ0n) is 11.7. The van der Waals surface area contributed by atoms with Gasteiger partial charge in [-0.15, -0.1) is 0 Å². The molecule has 0 fully saturated rings. The fourth-order valence-corrected chi connectivity index (χ4v) is 1.26. The molecule has 108 valence electrons. The van der Waals surface area contributed by atoms with E-state index in [0.29, 0.717) is 12.7 Å². The number of unbranched alkanes of at least 4 members (excludes halogenated alkanes) is 6. The summed E-state index contributed by atoms with van der Waals surface area (Å²) >= 11 is 0. The van der Waals surface area contributed by atoms with Crippen molar-refractivity contribution in [1.29, 1.82) is 0 Å². The van der Waals surface area contributed by atoms with Crippen LogP contribution in [0.25, 0.3) is 0 Å². The van der Waals surface area contributed by atoms with E-state index in [1.165, 1.54) is 19.3 Å². The van der Waals surface area contributed by atoms with E-state index < -0.39 is 0 Å². The van der Waals surface area contributed by atoms with Crippen LogP contribution in [0.15, 0.2) is 0 Å². The summed E-state index contributed by atoms with van der Waals surface area (Å²) in [6.07, 6.45) is 10.4. The van der Waals surface area contributed by atoms with E-state index in [2.05, 4.69) is 13.8 Å². The molecule has 0 saturated heterocycles. The Hall–Kier alpha value is -1.03. The predicted molar refractivity (Wildman–Crippen MR) is 73.6 cm³/mol. The average molecular weight is 260 g/mol. The molecule has 0 unspecified atom stereocenters. The van der Waals surface area contributed by atoms with Crippen molar-refractivity contribution in [3.8, 4) is 0 Å². The van der Waals surface area contributed by atoms with E-state index in [9.17, 15) is 14.4 Å². The molecule has 0 heterocycles. The second-order valence-corrected chi connectivity index (χ2v) is 4.06. The third-order valence-corrected chi connectivity index (χ3v) is 2.33. The highest BCUT2D eigenvalue weighted by atomic mass is 16.2. The van der Waals surface area contributed by atoms with Gasteiger partial charge < -0.3 is 10.3 Å². The summed E-state index contributed by atoms with van der Waals surface area (Å²) in [7, 11) is 0. The van der Waals surface area contributed by atoms with Crippen LogP contribution in [-0.4, -0.2) is 23.8 Å². The second-order valence-electron chi connectivity index (χ2n) is 4.06. The van der Waals surface area contributed by atoms with Crippen molar-refractivity contribution in [2.75, 3.05) is 0 Å². The number of Topliss-reactive ketones (excluding diaryl/α,β-unsaturated/α-hetero) is 1. The number of ketones is 1. The van der Waals surface area contributed by atoms with Crippen molar-refractivity contribution in [2.24, 2.45) is 0 Å². The topological polar surface area (TPSA) is 82.7 Å². The normalized spacial score (nSPS) is 8.56. The van der Waals surface area contributed by atoms with Gasteiger partial charge in [-0.3, -0.25) is 9.59 Å². The van der Waals surface area contributed by atoms with Gasteiger partial charge in [-0.2, -0.15) is 0 Å². The summed E-state index contributed by atoms with van der Waals surface area (Å²) in [4.78, 5) is 29.8. The molecule has 0 spiro atoms. The van der Waals surface area contributed by atoms with Crippen LogP contribution < -0.4 is 0 Å². The van der Waals surface area contributed by atoms with Crippen molar-refractivity contribution in [3.63, 3.8) is 0 Å². The van der Waals surface area contributed by atoms with Crippen LogP contribution in [0.5, 0.6) is 0 Å². The third-order valence-electron chi connectivity index (χ3n) is 2.33. The van der Waals surface area contributed by atoms with Gasteiger partial charge in [0.25, 0.3) is 0 Å². The molecule has 0 aromatic carbocycles. The summed E-state index contributed by atoms with van der Waals surface area (Å²) in [5.74, 6) is -0.275. The Balaban J connectivity index is -0.000000238. The van der Waals surface area contributed by atoms with E-state index in [0.717, 1.165) is 38.4 Å². The standard InChI is InChI=1S/C7H12O2.C7H14O.H2O/c1-2-3-4-5-7(9)6-8;1-2-3-4-5-6-7-8;/h6H,2-5H2,1H3;7H,2-6H2,1H3;1H2. The van der Waals surface area contributed by atoms with Crippen molar-refractivity contribution < 1.29 is 19.9 Å². The molecule has 0 aliphatic heterocycles. The van der Waals surface area contributed by atoms with Gasteiger partial charge >= 0.3 is 0 Å². The molecule has 0 atom stereocenters. The lowest BCUT2D eigenvalue weighted by Crippen LogP contribution is -1.97. The SMILES string of the molecule is CCCCCC(=O)C=O.CCCCCCC=O.O. The third kappa shape index (κ3) is 24.3. The predicted octanol–water partition coefficient (Wildman–Crippen LogP) is 2.67. The molecule has 0 aliphatic carbocycles. The summed E-state index contributed by atoms with van der Waals surface area (Å²) in [6, 6.07) is 0. The molecule has 0 aromatic heterocycles. The van der Waals surface area contributed by atoms with Gasteiger partial charge in [-0.1, -0.05) is 46.0 Å². The first-order valence-electron chi connectivity index (χ1n) is 6.64. The quantitative estimate of drug-likeness (QED) is 0.344. The Kier molecular flexibility index (Phi) is 26.2. The largest absolute Gasteiger partial charge is 0.412 e. The molecule has 18 heavy (non-hydrogen) atoms. The molecule has 0 saturated carbocycles. The van der Waals surface area contributed by atoms with Gasteiger partial charge in [0, 0.05) is 12.8 Å². The van der Waals surface area contributed by atoms with Crippen LogP contribution in [0.3, 0.4) is 0 Å². The fourth-order valence-electron chi connectivity index (χ4n) is 1.26.